The molecule has 0 bridgehead atoms. The molecule has 20 heavy (non-hydrogen) atoms. The number of carbonyl (C=O) groups excluding carboxylic acids is 2. The topological polar surface area (TPSA) is 58.6 Å². The van der Waals surface area contributed by atoms with Gasteiger partial charge in [0.15, 0.2) is 0 Å². The maximum absolute atomic E-state index is 12.3. The molecule has 2 fully saturated rings. The molecule has 1 unspecified atom stereocenters. The van der Waals surface area contributed by atoms with E-state index < -0.39 is 0 Å². The van der Waals surface area contributed by atoms with E-state index in [4.69, 9.17) is 4.74 Å². The number of hydrogen-bond acceptors (Lipinski definition) is 4. The summed E-state index contributed by atoms with van der Waals surface area (Å²) in [7, 11) is 1.71. The first-order valence-electron chi connectivity index (χ1n) is 7.82. The lowest BCUT2D eigenvalue weighted by atomic mass is 10.2. The van der Waals surface area contributed by atoms with Gasteiger partial charge < -0.3 is 10.1 Å². The van der Waals surface area contributed by atoms with Gasteiger partial charge in [-0.1, -0.05) is 12.8 Å². The number of ether oxygens (including phenoxy) is 1. The summed E-state index contributed by atoms with van der Waals surface area (Å²) in [5, 5.41) is 3.24. The van der Waals surface area contributed by atoms with Crippen molar-refractivity contribution in [2.24, 2.45) is 0 Å². The van der Waals surface area contributed by atoms with Crippen molar-refractivity contribution in [3.63, 3.8) is 0 Å². The van der Waals surface area contributed by atoms with Gasteiger partial charge in [-0.3, -0.25) is 14.5 Å². The lowest BCUT2D eigenvalue weighted by molar-refractivity contribution is -0.141. The molecule has 0 aromatic rings. The molecule has 114 valence electrons. The number of nitrogens with zero attached hydrogens (tertiary/aromatic N) is 1. The highest BCUT2D eigenvalue weighted by Crippen LogP contribution is 2.28. The third-order valence-corrected chi connectivity index (χ3v) is 4.29. The van der Waals surface area contributed by atoms with E-state index in [1.165, 1.54) is 4.90 Å². The Balaban J connectivity index is 1.71. The molecule has 1 aliphatic carbocycles. The molecule has 1 heterocycles. The zero-order valence-corrected chi connectivity index (χ0v) is 12.4. The smallest absolute Gasteiger partial charge is 0.247 e. The highest BCUT2D eigenvalue weighted by atomic mass is 16.5. The van der Waals surface area contributed by atoms with Crippen molar-refractivity contribution in [1.82, 2.24) is 10.2 Å². The Bertz CT molecular complexity index is 340. The molecule has 1 saturated carbocycles. The molecule has 0 spiro atoms. The number of likely N-dealkylation sites (tertiary alicyclic amines) is 1. The molecule has 2 rings (SSSR count). The van der Waals surface area contributed by atoms with Crippen LogP contribution in [0.2, 0.25) is 0 Å². The average molecular weight is 282 g/mol. The number of unbranched alkanes of at least 4 members (excludes halogenated alkanes) is 2. The van der Waals surface area contributed by atoms with Gasteiger partial charge in [0.25, 0.3) is 0 Å². The van der Waals surface area contributed by atoms with Gasteiger partial charge in [-0.05, 0) is 38.6 Å². The molecular weight excluding hydrogens is 256 g/mol. The van der Waals surface area contributed by atoms with Crippen LogP contribution in [0, 0.1) is 0 Å². The molecule has 5 nitrogen and oxygen atoms in total. The molecule has 0 radical (unpaired) electrons. The molecule has 1 aliphatic heterocycles. The number of imide groups is 1. The first-order chi connectivity index (χ1) is 9.74. The number of carbonyl (C=O) groups is 2. The number of methoxy groups -OCH3 is 1. The van der Waals surface area contributed by atoms with Crippen LogP contribution in [-0.4, -0.2) is 49.1 Å². The number of rotatable bonds is 8. The van der Waals surface area contributed by atoms with Gasteiger partial charge in [0.2, 0.25) is 11.8 Å². The van der Waals surface area contributed by atoms with E-state index in [2.05, 4.69) is 5.32 Å². The highest BCUT2D eigenvalue weighted by Gasteiger charge is 2.42. The third kappa shape index (κ3) is 3.79. The van der Waals surface area contributed by atoms with Crippen molar-refractivity contribution in [1.29, 1.82) is 0 Å². The fraction of sp³-hybridized carbons (Fsp3) is 0.867. The lowest BCUT2D eigenvalue weighted by Gasteiger charge is -2.22. The highest BCUT2D eigenvalue weighted by molar-refractivity contribution is 6.05. The van der Waals surface area contributed by atoms with Crippen molar-refractivity contribution in [2.75, 3.05) is 20.3 Å². The van der Waals surface area contributed by atoms with E-state index in [9.17, 15) is 9.59 Å². The SMILES string of the molecule is COCCCCCNC1CC(=O)N(C2CCCC2)C1=O. The van der Waals surface area contributed by atoms with E-state index in [1.807, 2.05) is 0 Å². The fourth-order valence-electron chi connectivity index (χ4n) is 3.18. The summed E-state index contributed by atoms with van der Waals surface area (Å²) < 4.78 is 5.00. The summed E-state index contributed by atoms with van der Waals surface area (Å²) in [5.41, 5.74) is 0. The van der Waals surface area contributed by atoms with Gasteiger partial charge in [-0.25, -0.2) is 0 Å². The predicted octanol–water partition coefficient (Wildman–Crippen LogP) is 1.46. The van der Waals surface area contributed by atoms with Crippen LogP contribution in [0.15, 0.2) is 0 Å². The van der Waals surface area contributed by atoms with Gasteiger partial charge in [0.05, 0.1) is 12.5 Å². The second kappa shape index (κ2) is 7.74. The monoisotopic (exact) mass is 282 g/mol. The van der Waals surface area contributed by atoms with Crippen LogP contribution in [0.4, 0.5) is 0 Å². The van der Waals surface area contributed by atoms with E-state index in [1.54, 1.807) is 7.11 Å². The van der Waals surface area contributed by atoms with E-state index in [-0.39, 0.29) is 23.9 Å². The summed E-state index contributed by atoms with van der Waals surface area (Å²) in [6, 6.07) is -0.117. The number of hydrogen-bond donors (Lipinski definition) is 1. The van der Waals surface area contributed by atoms with E-state index in [0.29, 0.717) is 6.42 Å². The minimum absolute atomic E-state index is 0.00112. The van der Waals surface area contributed by atoms with Crippen LogP contribution in [0.1, 0.15) is 51.4 Å². The van der Waals surface area contributed by atoms with Crippen molar-refractivity contribution >= 4 is 11.8 Å². The average Bonchev–Trinajstić information content (AvgIpc) is 3.03. The van der Waals surface area contributed by atoms with Crippen LogP contribution in [0.25, 0.3) is 0 Å². The van der Waals surface area contributed by atoms with Gasteiger partial charge >= 0.3 is 0 Å². The zero-order valence-electron chi connectivity index (χ0n) is 12.4. The van der Waals surface area contributed by atoms with Gasteiger partial charge in [-0.15, -0.1) is 0 Å². The zero-order chi connectivity index (χ0) is 14.4. The standard InChI is InChI=1S/C15H26N2O3/c1-20-10-6-2-5-9-16-13-11-14(18)17(15(13)19)12-7-3-4-8-12/h12-13,16H,2-11H2,1H3. The summed E-state index contributed by atoms with van der Waals surface area (Å²) in [4.78, 5) is 25.8. The van der Waals surface area contributed by atoms with Crippen LogP contribution in [-0.2, 0) is 14.3 Å². The second-order valence-corrected chi connectivity index (χ2v) is 5.80. The molecule has 1 atom stereocenters. The van der Waals surface area contributed by atoms with Crippen LogP contribution in [0.3, 0.4) is 0 Å². The Morgan fingerprint density at radius 3 is 2.65 bits per heavy atom. The molecule has 2 amide bonds. The van der Waals surface area contributed by atoms with E-state index in [0.717, 1.165) is 58.1 Å². The third-order valence-electron chi connectivity index (χ3n) is 4.29. The minimum Gasteiger partial charge on any atom is -0.385 e. The molecule has 0 aromatic carbocycles. The summed E-state index contributed by atoms with van der Waals surface area (Å²) in [6.07, 6.45) is 7.74. The molecule has 1 N–H and O–H groups in total. The van der Waals surface area contributed by atoms with Crippen molar-refractivity contribution in [3.8, 4) is 0 Å². The Kier molecular flexibility index (Phi) is 5.98. The number of amides is 2. The summed E-state index contributed by atoms with van der Waals surface area (Å²) >= 11 is 0. The maximum Gasteiger partial charge on any atom is 0.247 e. The Morgan fingerprint density at radius 1 is 1.20 bits per heavy atom. The first-order valence-corrected chi connectivity index (χ1v) is 7.82. The largest absolute Gasteiger partial charge is 0.385 e. The van der Waals surface area contributed by atoms with Crippen LogP contribution >= 0.6 is 0 Å². The normalized spacial score (nSPS) is 24.1. The Hall–Kier alpha value is -0.940. The Labute approximate surface area is 121 Å². The van der Waals surface area contributed by atoms with Crippen LogP contribution in [0.5, 0.6) is 0 Å². The molecule has 1 saturated heterocycles. The fourth-order valence-corrected chi connectivity index (χ4v) is 3.18. The minimum atomic E-state index is -0.287. The summed E-state index contributed by atoms with van der Waals surface area (Å²) in [6.45, 7) is 1.59. The van der Waals surface area contributed by atoms with Crippen molar-refractivity contribution < 1.29 is 14.3 Å². The van der Waals surface area contributed by atoms with Gasteiger partial charge in [0, 0.05) is 19.8 Å². The first kappa shape index (κ1) is 15.4. The van der Waals surface area contributed by atoms with Crippen LogP contribution < -0.4 is 5.32 Å². The Morgan fingerprint density at radius 2 is 1.95 bits per heavy atom. The summed E-state index contributed by atoms with van der Waals surface area (Å²) in [5.74, 6) is 0.0116. The van der Waals surface area contributed by atoms with Gasteiger partial charge in [-0.2, -0.15) is 0 Å². The number of nitrogens with one attached hydrogen (secondary N) is 1. The maximum atomic E-state index is 12.3. The molecule has 2 aliphatic rings. The van der Waals surface area contributed by atoms with E-state index >= 15 is 0 Å². The van der Waals surface area contributed by atoms with Crippen molar-refractivity contribution in [3.05, 3.63) is 0 Å². The molecule has 0 aromatic heterocycles. The van der Waals surface area contributed by atoms with Crippen molar-refractivity contribution in [2.45, 2.75) is 63.5 Å². The molecule has 5 heteroatoms. The van der Waals surface area contributed by atoms with Gasteiger partial charge in [0.1, 0.15) is 0 Å². The second-order valence-electron chi connectivity index (χ2n) is 5.80. The lowest BCUT2D eigenvalue weighted by Crippen LogP contribution is -2.43. The molecular formula is C15H26N2O3. The quantitative estimate of drug-likeness (QED) is 0.541. The predicted molar refractivity (Wildman–Crippen MR) is 76.2 cm³/mol.